The molecule has 1 aromatic heterocycles. The Kier molecular flexibility index (Phi) is 4.29. The van der Waals surface area contributed by atoms with Gasteiger partial charge < -0.3 is 9.88 Å². The normalized spacial score (nSPS) is 16.2. The Bertz CT molecular complexity index is 1150. The number of H-pyrrole nitrogens is 1. The number of aromatic amines is 1. The van der Waals surface area contributed by atoms with E-state index >= 15 is 0 Å². The van der Waals surface area contributed by atoms with E-state index in [1.54, 1.807) is 0 Å². The van der Waals surface area contributed by atoms with Gasteiger partial charge in [0.15, 0.2) is 0 Å². The summed E-state index contributed by atoms with van der Waals surface area (Å²) < 4.78 is 0.972. The first-order chi connectivity index (χ1) is 13.7. The quantitative estimate of drug-likeness (QED) is 0.433. The Balaban J connectivity index is 1.65. The number of benzene rings is 3. The maximum atomic E-state index is 13.4. The number of hydrogen-bond donors (Lipinski definition) is 1. The average Bonchev–Trinajstić information content (AvgIpc) is 3.12. The zero-order valence-electron chi connectivity index (χ0n) is 15.2. The Labute approximate surface area is 172 Å². The maximum Gasteiger partial charge on any atom is 0.254 e. The van der Waals surface area contributed by atoms with Crippen molar-refractivity contribution >= 4 is 32.7 Å². The van der Waals surface area contributed by atoms with Crippen LogP contribution in [0.3, 0.4) is 0 Å². The van der Waals surface area contributed by atoms with Crippen molar-refractivity contribution in [2.45, 2.75) is 12.5 Å². The lowest BCUT2D eigenvalue weighted by Gasteiger charge is -2.36. The van der Waals surface area contributed by atoms with Gasteiger partial charge in [0.2, 0.25) is 0 Å². The largest absolute Gasteiger partial charge is 0.356 e. The number of carbonyl (C=O) groups excluding carboxylic acids is 1. The van der Waals surface area contributed by atoms with Crippen LogP contribution in [0.25, 0.3) is 10.9 Å². The number of nitrogens with zero attached hydrogens (tertiary/aromatic N) is 1. The van der Waals surface area contributed by atoms with Gasteiger partial charge >= 0.3 is 0 Å². The van der Waals surface area contributed by atoms with Crippen LogP contribution in [-0.2, 0) is 6.42 Å². The van der Waals surface area contributed by atoms with Gasteiger partial charge in [0, 0.05) is 33.2 Å². The molecule has 0 bridgehead atoms. The number of hydrogen-bond acceptors (Lipinski definition) is 1. The highest BCUT2D eigenvalue weighted by molar-refractivity contribution is 9.10. The van der Waals surface area contributed by atoms with E-state index < -0.39 is 0 Å². The van der Waals surface area contributed by atoms with Gasteiger partial charge in [-0.2, -0.15) is 0 Å². The smallest absolute Gasteiger partial charge is 0.254 e. The molecule has 138 valence electrons. The van der Waals surface area contributed by atoms with Gasteiger partial charge in [-0.3, -0.25) is 4.79 Å². The van der Waals surface area contributed by atoms with Crippen LogP contribution in [0.2, 0.25) is 0 Å². The van der Waals surface area contributed by atoms with Crippen molar-refractivity contribution in [1.29, 1.82) is 0 Å². The number of nitrogens with one attached hydrogen (secondary N) is 1. The Morgan fingerprint density at radius 2 is 1.64 bits per heavy atom. The zero-order chi connectivity index (χ0) is 19.1. The Morgan fingerprint density at radius 3 is 2.43 bits per heavy atom. The van der Waals surface area contributed by atoms with Gasteiger partial charge in [-0.15, -0.1) is 0 Å². The fourth-order valence-corrected chi connectivity index (χ4v) is 4.46. The van der Waals surface area contributed by atoms with Crippen LogP contribution in [0.4, 0.5) is 0 Å². The van der Waals surface area contributed by atoms with Gasteiger partial charge in [0.1, 0.15) is 0 Å². The third-order valence-corrected chi connectivity index (χ3v) is 6.03. The second-order valence-electron chi connectivity index (χ2n) is 7.13. The highest BCUT2D eigenvalue weighted by Gasteiger charge is 2.34. The Morgan fingerprint density at radius 1 is 0.929 bits per heavy atom. The van der Waals surface area contributed by atoms with Gasteiger partial charge in [0.05, 0.1) is 6.04 Å². The molecule has 0 saturated heterocycles. The second-order valence-corrected chi connectivity index (χ2v) is 8.05. The molecular weight excluding hydrogens is 412 g/mol. The maximum absolute atomic E-state index is 13.4. The lowest BCUT2D eigenvalue weighted by atomic mass is 9.92. The predicted octanol–water partition coefficient (Wildman–Crippen LogP) is 5.72. The molecule has 1 amide bonds. The predicted molar refractivity (Wildman–Crippen MR) is 115 cm³/mol. The summed E-state index contributed by atoms with van der Waals surface area (Å²) in [5.41, 5.74) is 5.42. The number of rotatable bonds is 2. The van der Waals surface area contributed by atoms with E-state index in [1.807, 2.05) is 53.4 Å². The number of fused-ring (bicyclic) bond motifs is 3. The molecule has 4 heteroatoms. The summed E-state index contributed by atoms with van der Waals surface area (Å²) in [4.78, 5) is 19.0. The minimum Gasteiger partial charge on any atom is -0.356 e. The van der Waals surface area contributed by atoms with Gasteiger partial charge in [-0.05, 0) is 47.9 Å². The van der Waals surface area contributed by atoms with Crippen molar-refractivity contribution in [2.24, 2.45) is 0 Å². The lowest BCUT2D eigenvalue weighted by Crippen LogP contribution is -2.40. The van der Waals surface area contributed by atoms with Crippen LogP contribution in [0, 0.1) is 0 Å². The summed E-state index contributed by atoms with van der Waals surface area (Å²) in [6, 6.07) is 26.2. The SMILES string of the molecule is O=C(c1ccc(Br)cc1)N1CCc2c([nH]c3ccccc23)C1c1ccccc1. The van der Waals surface area contributed by atoms with Crippen LogP contribution in [0.5, 0.6) is 0 Å². The van der Waals surface area contributed by atoms with E-state index in [4.69, 9.17) is 0 Å². The molecule has 0 aliphatic carbocycles. The summed E-state index contributed by atoms with van der Waals surface area (Å²) in [5.74, 6) is 0.0608. The number of para-hydroxylation sites is 1. The molecule has 0 fully saturated rings. The minimum absolute atomic E-state index is 0.0608. The van der Waals surface area contributed by atoms with Gasteiger partial charge in [-0.1, -0.05) is 64.5 Å². The first-order valence-corrected chi connectivity index (χ1v) is 10.2. The molecular formula is C24H19BrN2O. The summed E-state index contributed by atoms with van der Waals surface area (Å²) in [6.07, 6.45) is 0.852. The summed E-state index contributed by atoms with van der Waals surface area (Å²) in [5, 5.41) is 1.26. The van der Waals surface area contributed by atoms with Gasteiger partial charge in [-0.25, -0.2) is 0 Å². The molecule has 1 aliphatic heterocycles. The van der Waals surface area contributed by atoms with Gasteiger partial charge in [0.25, 0.3) is 5.91 Å². The average molecular weight is 431 g/mol. The molecule has 1 N–H and O–H groups in total. The third-order valence-electron chi connectivity index (χ3n) is 5.50. The summed E-state index contributed by atoms with van der Waals surface area (Å²) >= 11 is 3.45. The van der Waals surface area contributed by atoms with Crippen LogP contribution < -0.4 is 0 Å². The van der Waals surface area contributed by atoms with E-state index in [9.17, 15) is 4.79 Å². The van der Waals surface area contributed by atoms with Crippen molar-refractivity contribution < 1.29 is 4.79 Å². The first-order valence-electron chi connectivity index (χ1n) is 9.43. The van der Waals surface area contributed by atoms with Crippen molar-refractivity contribution in [2.75, 3.05) is 6.54 Å². The third kappa shape index (κ3) is 2.85. The molecule has 0 saturated carbocycles. The molecule has 5 rings (SSSR count). The molecule has 3 nitrogen and oxygen atoms in total. The number of aromatic nitrogens is 1. The van der Waals surface area contributed by atoms with Crippen molar-refractivity contribution in [3.05, 3.63) is 106 Å². The van der Waals surface area contributed by atoms with Crippen LogP contribution in [-0.4, -0.2) is 22.3 Å². The molecule has 0 radical (unpaired) electrons. The molecule has 4 aromatic rings. The summed E-state index contributed by atoms with van der Waals surface area (Å²) in [7, 11) is 0. The highest BCUT2D eigenvalue weighted by Crippen LogP contribution is 2.39. The second kappa shape index (κ2) is 6.95. The highest BCUT2D eigenvalue weighted by atomic mass is 79.9. The van der Waals surface area contributed by atoms with Crippen molar-refractivity contribution in [3.63, 3.8) is 0 Å². The number of amides is 1. The zero-order valence-corrected chi connectivity index (χ0v) is 16.8. The van der Waals surface area contributed by atoms with Crippen molar-refractivity contribution in [1.82, 2.24) is 9.88 Å². The van der Waals surface area contributed by atoms with Crippen molar-refractivity contribution in [3.8, 4) is 0 Å². The molecule has 1 aliphatic rings. The fraction of sp³-hybridized carbons (Fsp3) is 0.125. The Hall–Kier alpha value is -2.85. The summed E-state index contributed by atoms with van der Waals surface area (Å²) in [6.45, 7) is 0.698. The van der Waals surface area contributed by atoms with Crippen LogP contribution in [0.15, 0.2) is 83.3 Å². The monoisotopic (exact) mass is 430 g/mol. The van der Waals surface area contributed by atoms with Crippen LogP contribution >= 0.6 is 15.9 Å². The van der Waals surface area contributed by atoms with E-state index in [0.29, 0.717) is 12.1 Å². The molecule has 0 spiro atoms. The topological polar surface area (TPSA) is 36.1 Å². The lowest BCUT2D eigenvalue weighted by molar-refractivity contribution is 0.0692. The molecule has 28 heavy (non-hydrogen) atoms. The van der Waals surface area contributed by atoms with E-state index in [2.05, 4.69) is 51.2 Å². The molecule has 2 heterocycles. The number of halogens is 1. The first kappa shape index (κ1) is 17.3. The molecule has 1 atom stereocenters. The fourth-order valence-electron chi connectivity index (χ4n) is 4.20. The van der Waals surface area contributed by atoms with E-state index in [1.165, 1.54) is 10.9 Å². The van der Waals surface area contributed by atoms with Crippen LogP contribution in [0.1, 0.15) is 33.2 Å². The number of carbonyl (C=O) groups is 1. The van der Waals surface area contributed by atoms with E-state index in [-0.39, 0.29) is 11.9 Å². The molecule has 3 aromatic carbocycles. The minimum atomic E-state index is -0.117. The molecule has 1 unspecified atom stereocenters. The van der Waals surface area contributed by atoms with E-state index in [0.717, 1.165) is 27.7 Å². The standard InChI is InChI=1S/C24H19BrN2O/c25-18-12-10-17(11-13-18)24(28)27-15-14-20-19-8-4-5-9-21(19)26-22(20)23(27)16-6-2-1-3-7-16/h1-13,23,26H,14-15H2.